The number of aryl methyl sites for hydroxylation is 1. The SMILES string of the molecule is CN(C)c1ccc2nnc(C3CCN(C(=O)c4ccnn4C)CC3)n2n1. The number of amides is 1. The topological polar surface area (TPSA) is 84.5 Å². The Morgan fingerprint density at radius 3 is 2.58 bits per heavy atom. The molecule has 26 heavy (non-hydrogen) atoms. The number of nitrogens with zero attached hydrogens (tertiary/aromatic N) is 8. The highest BCUT2D eigenvalue weighted by Crippen LogP contribution is 2.27. The molecule has 0 atom stereocenters. The summed E-state index contributed by atoms with van der Waals surface area (Å²) in [5, 5.41) is 17.3. The molecule has 1 saturated heterocycles. The lowest BCUT2D eigenvalue weighted by molar-refractivity contribution is 0.0699. The minimum absolute atomic E-state index is 0.0302. The highest BCUT2D eigenvalue weighted by molar-refractivity contribution is 5.92. The summed E-state index contributed by atoms with van der Waals surface area (Å²) < 4.78 is 3.45. The van der Waals surface area contributed by atoms with E-state index in [2.05, 4.69) is 20.4 Å². The standard InChI is InChI=1S/C17H22N8O/c1-22(2)15-5-4-14-19-20-16(25(14)21-15)12-7-10-24(11-8-12)17(26)13-6-9-18-23(13)3/h4-6,9,12H,7-8,10-11H2,1-3H3. The summed E-state index contributed by atoms with van der Waals surface area (Å²) in [6.45, 7) is 1.38. The molecule has 0 N–H and O–H groups in total. The zero-order valence-electron chi connectivity index (χ0n) is 15.2. The molecule has 9 heteroatoms. The number of carbonyl (C=O) groups is 1. The Morgan fingerprint density at radius 2 is 1.92 bits per heavy atom. The Morgan fingerprint density at radius 1 is 1.15 bits per heavy atom. The molecule has 1 fully saturated rings. The first-order valence-electron chi connectivity index (χ1n) is 8.71. The molecule has 0 aliphatic carbocycles. The minimum atomic E-state index is 0.0302. The van der Waals surface area contributed by atoms with E-state index in [1.807, 2.05) is 40.5 Å². The summed E-state index contributed by atoms with van der Waals surface area (Å²) in [4.78, 5) is 16.5. The van der Waals surface area contributed by atoms with E-state index in [1.54, 1.807) is 24.0 Å². The molecule has 3 aromatic rings. The maximum absolute atomic E-state index is 12.6. The Balaban J connectivity index is 1.51. The number of anilines is 1. The number of fused-ring (bicyclic) bond motifs is 1. The number of hydrogen-bond donors (Lipinski definition) is 0. The molecular weight excluding hydrogens is 332 g/mol. The normalized spacial score (nSPS) is 15.6. The minimum Gasteiger partial charge on any atom is -0.361 e. The van der Waals surface area contributed by atoms with Crippen LogP contribution in [0.5, 0.6) is 0 Å². The number of aromatic nitrogens is 6. The van der Waals surface area contributed by atoms with Gasteiger partial charge in [-0.2, -0.15) is 9.61 Å². The van der Waals surface area contributed by atoms with Crippen molar-refractivity contribution in [1.82, 2.24) is 34.5 Å². The summed E-state index contributed by atoms with van der Waals surface area (Å²) in [5.41, 5.74) is 1.37. The highest BCUT2D eigenvalue weighted by Gasteiger charge is 2.28. The molecule has 136 valence electrons. The average Bonchev–Trinajstić information content (AvgIpc) is 3.26. The van der Waals surface area contributed by atoms with Crippen LogP contribution in [-0.2, 0) is 7.05 Å². The molecule has 0 spiro atoms. The third kappa shape index (κ3) is 2.79. The molecule has 1 aliphatic heterocycles. The van der Waals surface area contributed by atoms with Crippen LogP contribution in [0.4, 0.5) is 5.82 Å². The fourth-order valence-electron chi connectivity index (χ4n) is 3.38. The van der Waals surface area contributed by atoms with Crippen molar-refractivity contribution in [1.29, 1.82) is 0 Å². The van der Waals surface area contributed by atoms with Crippen molar-refractivity contribution in [3.63, 3.8) is 0 Å². The second-order valence-corrected chi connectivity index (χ2v) is 6.82. The maximum atomic E-state index is 12.6. The van der Waals surface area contributed by atoms with E-state index in [-0.39, 0.29) is 11.8 Å². The first-order valence-corrected chi connectivity index (χ1v) is 8.71. The molecule has 9 nitrogen and oxygen atoms in total. The van der Waals surface area contributed by atoms with Gasteiger partial charge in [0, 0.05) is 46.3 Å². The number of hydrogen-bond acceptors (Lipinski definition) is 6. The van der Waals surface area contributed by atoms with Crippen LogP contribution in [-0.4, -0.2) is 67.6 Å². The maximum Gasteiger partial charge on any atom is 0.272 e. The van der Waals surface area contributed by atoms with Crippen molar-refractivity contribution in [2.75, 3.05) is 32.1 Å². The van der Waals surface area contributed by atoms with Crippen LogP contribution >= 0.6 is 0 Å². The Bertz CT molecular complexity index is 935. The summed E-state index contributed by atoms with van der Waals surface area (Å²) in [6, 6.07) is 5.62. The summed E-state index contributed by atoms with van der Waals surface area (Å²) in [5.74, 6) is 2.01. The molecular formula is C17H22N8O. The summed E-state index contributed by atoms with van der Waals surface area (Å²) >= 11 is 0. The van der Waals surface area contributed by atoms with Gasteiger partial charge in [0.15, 0.2) is 11.5 Å². The van der Waals surface area contributed by atoms with E-state index in [0.29, 0.717) is 18.8 Å². The van der Waals surface area contributed by atoms with Gasteiger partial charge >= 0.3 is 0 Å². The molecule has 4 rings (SSSR count). The quantitative estimate of drug-likeness (QED) is 0.696. The molecule has 0 saturated carbocycles. The second kappa shape index (κ2) is 6.40. The highest BCUT2D eigenvalue weighted by atomic mass is 16.2. The van der Waals surface area contributed by atoms with Crippen LogP contribution in [0, 0.1) is 0 Å². The van der Waals surface area contributed by atoms with Gasteiger partial charge in [0.05, 0.1) is 0 Å². The van der Waals surface area contributed by atoms with Crippen molar-refractivity contribution in [3.8, 4) is 0 Å². The molecule has 0 radical (unpaired) electrons. The lowest BCUT2D eigenvalue weighted by atomic mass is 9.96. The van der Waals surface area contributed by atoms with E-state index in [1.165, 1.54) is 0 Å². The van der Waals surface area contributed by atoms with Gasteiger partial charge < -0.3 is 9.80 Å². The van der Waals surface area contributed by atoms with E-state index in [9.17, 15) is 4.79 Å². The van der Waals surface area contributed by atoms with E-state index in [4.69, 9.17) is 0 Å². The van der Waals surface area contributed by atoms with Gasteiger partial charge in [0.1, 0.15) is 11.5 Å². The fraction of sp³-hybridized carbons (Fsp3) is 0.471. The predicted octanol–water partition coefficient (Wildman–Crippen LogP) is 0.944. The largest absolute Gasteiger partial charge is 0.361 e. The van der Waals surface area contributed by atoms with Gasteiger partial charge in [-0.05, 0) is 31.0 Å². The average molecular weight is 354 g/mol. The van der Waals surface area contributed by atoms with E-state index < -0.39 is 0 Å². The third-order valence-electron chi connectivity index (χ3n) is 4.92. The van der Waals surface area contributed by atoms with Crippen LogP contribution in [0.3, 0.4) is 0 Å². The predicted molar refractivity (Wildman–Crippen MR) is 96.2 cm³/mol. The van der Waals surface area contributed by atoms with Crippen molar-refractivity contribution in [2.24, 2.45) is 7.05 Å². The van der Waals surface area contributed by atoms with Gasteiger partial charge in [0.25, 0.3) is 5.91 Å². The Kier molecular flexibility index (Phi) is 4.06. The van der Waals surface area contributed by atoms with E-state index in [0.717, 1.165) is 30.1 Å². The molecule has 3 aromatic heterocycles. The van der Waals surface area contributed by atoms with Gasteiger partial charge in [-0.1, -0.05) is 0 Å². The van der Waals surface area contributed by atoms with Crippen LogP contribution < -0.4 is 4.90 Å². The monoisotopic (exact) mass is 354 g/mol. The lowest BCUT2D eigenvalue weighted by Crippen LogP contribution is -2.39. The molecule has 1 aliphatic rings. The molecule has 0 unspecified atom stereocenters. The van der Waals surface area contributed by atoms with Crippen LogP contribution in [0.25, 0.3) is 5.65 Å². The number of rotatable bonds is 3. The Labute approximate surface area is 151 Å². The zero-order chi connectivity index (χ0) is 18.3. The van der Waals surface area contributed by atoms with E-state index >= 15 is 0 Å². The van der Waals surface area contributed by atoms with Crippen molar-refractivity contribution in [2.45, 2.75) is 18.8 Å². The molecule has 1 amide bonds. The Hall–Kier alpha value is -2.97. The van der Waals surface area contributed by atoms with Crippen molar-refractivity contribution >= 4 is 17.4 Å². The molecule has 0 bridgehead atoms. The van der Waals surface area contributed by atoms with Gasteiger partial charge in [0.2, 0.25) is 0 Å². The van der Waals surface area contributed by atoms with Crippen molar-refractivity contribution in [3.05, 3.63) is 35.9 Å². The summed E-state index contributed by atoms with van der Waals surface area (Å²) in [7, 11) is 5.71. The van der Waals surface area contributed by atoms with Gasteiger partial charge in [-0.25, -0.2) is 0 Å². The number of carbonyl (C=O) groups excluding carboxylic acids is 1. The van der Waals surface area contributed by atoms with Crippen LogP contribution in [0.15, 0.2) is 24.4 Å². The summed E-state index contributed by atoms with van der Waals surface area (Å²) in [6.07, 6.45) is 3.34. The molecule has 0 aromatic carbocycles. The number of likely N-dealkylation sites (tertiary alicyclic amines) is 1. The zero-order valence-corrected chi connectivity index (χ0v) is 15.2. The third-order valence-corrected chi connectivity index (χ3v) is 4.92. The molecule has 4 heterocycles. The van der Waals surface area contributed by atoms with Crippen LogP contribution in [0.2, 0.25) is 0 Å². The fourth-order valence-corrected chi connectivity index (χ4v) is 3.38. The van der Waals surface area contributed by atoms with Gasteiger partial charge in [-0.15, -0.1) is 15.3 Å². The lowest BCUT2D eigenvalue weighted by Gasteiger charge is -2.31. The first-order chi connectivity index (χ1) is 12.5. The van der Waals surface area contributed by atoms with Crippen LogP contribution in [0.1, 0.15) is 35.1 Å². The van der Waals surface area contributed by atoms with Crippen molar-refractivity contribution < 1.29 is 4.79 Å². The smallest absolute Gasteiger partial charge is 0.272 e. The van der Waals surface area contributed by atoms with Gasteiger partial charge in [-0.3, -0.25) is 9.48 Å². The first kappa shape index (κ1) is 16.5. The number of piperidine rings is 1. The second-order valence-electron chi connectivity index (χ2n) is 6.82.